The van der Waals surface area contributed by atoms with Gasteiger partial charge >= 0.3 is 11.9 Å². The van der Waals surface area contributed by atoms with E-state index in [1.807, 2.05) is 30.3 Å². The van der Waals surface area contributed by atoms with E-state index in [1.54, 1.807) is 48.5 Å². The fourth-order valence-electron chi connectivity index (χ4n) is 4.94. The Bertz CT molecular complexity index is 1280. The van der Waals surface area contributed by atoms with Crippen molar-refractivity contribution in [3.63, 3.8) is 0 Å². The van der Waals surface area contributed by atoms with E-state index in [-0.39, 0.29) is 6.61 Å². The Hall–Kier alpha value is -3.56. The number of benzene rings is 3. The number of carbonyl (C=O) groups excluding carboxylic acids is 2. The predicted octanol–water partition coefficient (Wildman–Crippen LogP) is 3.90. The van der Waals surface area contributed by atoms with Gasteiger partial charge in [-0.2, -0.15) is 0 Å². The Labute approximate surface area is 207 Å². The smallest absolute Gasteiger partial charge is 0.339 e. The number of esters is 2. The molecule has 0 aromatic heterocycles. The third kappa shape index (κ3) is 3.98. The summed E-state index contributed by atoms with van der Waals surface area (Å²) < 4.78 is 35.8. The van der Waals surface area contributed by atoms with Gasteiger partial charge in [0.1, 0.15) is 12.2 Å². The molecule has 2 fully saturated rings. The van der Waals surface area contributed by atoms with Crippen molar-refractivity contribution in [2.24, 2.45) is 0 Å². The first kappa shape index (κ1) is 22.9. The Balaban J connectivity index is 1.43. The van der Waals surface area contributed by atoms with Crippen LogP contribution in [0.5, 0.6) is 0 Å². The van der Waals surface area contributed by atoms with Crippen LogP contribution >= 0.6 is 0 Å². The number of carbonyl (C=O) groups is 2. The number of hydrogen-bond donors (Lipinski definition) is 0. The molecule has 0 saturated carbocycles. The first-order valence-electron chi connectivity index (χ1n) is 11.7. The van der Waals surface area contributed by atoms with E-state index in [1.165, 1.54) is 7.11 Å². The van der Waals surface area contributed by atoms with Crippen molar-refractivity contribution in [3.05, 3.63) is 95.6 Å². The van der Waals surface area contributed by atoms with Crippen LogP contribution in [0.2, 0.25) is 0 Å². The van der Waals surface area contributed by atoms with Crippen LogP contribution in [0.1, 0.15) is 32.6 Å². The topological polar surface area (TPSA) is 89.5 Å². The van der Waals surface area contributed by atoms with Crippen LogP contribution in [0, 0.1) is 0 Å². The van der Waals surface area contributed by atoms with Crippen LogP contribution in [-0.4, -0.2) is 56.4 Å². The first-order chi connectivity index (χ1) is 17.6. The van der Waals surface area contributed by atoms with Crippen LogP contribution in [0.3, 0.4) is 0 Å². The molecule has 184 valence electrons. The second-order valence-corrected chi connectivity index (χ2v) is 8.79. The Kier molecular flexibility index (Phi) is 6.02. The Morgan fingerprint density at radius 3 is 1.83 bits per heavy atom. The standard InChI is InChI=1S/C28H24O8/c1-31-28-24-23(22-21(33-28)15-32-27(36-22)16-9-3-2-4-10-16)34-25(29)19-13-7-5-11-17(19)18-12-6-8-14-20(18)26(30)35-24/h2-14,21-24,27-28H,15H2,1H3/t21?,22-,23?,24?,27?,28-/m1/s1. The van der Waals surface area contributed by atoms with Gasteiger partial charge in [0.2, 0.25) is 0 Å². The van der Waals surface area contributed by atoms with Gasteiger partial charge in [-0.25, -0.2) is 9.59 Å². The lowest BCUT2D eigenvalue weighted by atomic mass is 9.93. The van der Waals surface area contributed by atoms with Crippen molar-refractivity contribution < 1.29 is 38.0 Å². The molecule has 3 aliphatic heterocycles. The van der Waals surface area contributed by atoms with Crippen molar-refractivity contribution in [1.29, 1.82) is 0 Å². The van der Waals surface area contributed by atoms with Gasteiger partial charge in [-0.1, -0.05) is 66.7 Å². The van der Waals surface area contributed by atoms with E-state index in [0.29, 0.717) is 22.3 Å². The summed E-state index contributed by atoms with van der Waals surface area (Å²) in [5.74, 6) is -1.14. The van der Waals surface area contributed by atoms with E-state index in [0.717, 1.165) is 5.56 Å². The molecular formula is C28H24O8. The SMILES string of the molecule is CO[C@@H]1OC2COC(c3ccccc3)O[C@H]2C2OC(=O)c3ccccc3-c3ccccc3C(=O)OC21. The summed E-state index contributed by atoms with van der Waals surface area (Å²) in [6, 6.07) is 23.4. The third-order valence-corrected chi connectivity index (χ3v) is 6.66. The van der Waals surface area contributed by atoms with E-state index >= 15 is 0 Å². The van der Waals surface area contributed by atoms with Gasteiger partial charge < -0.3 is 28.4 Å². The van der Waals surface area contributed by atoms with Crippen LogP contribution < -0.4 is 0 Å². The fourth-order valence-corrected chi connectivity index (χ4v) is 4.94. The van der Waals surface area contributed by atoms with Gasteiger partial charge in [0.05, 0.1) is 17.7 Å². The molecule has 6 rings (SSSR count). The molecule has 8 heteroatoms. The molecule has 4 unspecified atom stereocenters. The number of rotatable bonds is 2. The zero-order chi connectivity index (χ0) is 24.6. The molecular weight excluding hydrogens is 464 g/mol. The summed E-state index contributed by atoms with van der Waals surface area (Å²) >= 11 is 0. The second kappa shape index (κ2) is 9.48. The lowest BCUT2D eigenvalue weighted by Gasteiger charge is -2.48. The molecule has 2 saturated heterocycles. The molecule has 0 bridgehead atoms. The molecule has 3 aromatic carbocycles. The highest BCUT2D eigenvalue weighted by Gasteiger charge is 2.54. The molecule has 0 aliphatic carbocycles. The van der Waals surface area contributed by atoms with Gasteiger partial charge in [0.15, 0.2) is 24.8 Å². The third-order valence-electron chi connectivity index (χ3n) is 6.66. The summed E-state index contributed by atoms with van der Waals surface area (Å²) in [5.41, 5.74) is 2.62. The van der Waals surface area contributed by atoms with Crippen molar-refractivity contribution in [3.8, 4) is 11.1 Å². The molecule has 3 aliphatic rings. The molecule has 0 radical (unpaired) electrons. The van der Waals surface area contributed by atoms with Crippen molar-refractivity contribution in [2.45, 2.75) is 37.0 Å². The zero-order valence-corrected chi connectivity index (χ0v) is 19.4. The van der Waals surface area contributed by atoms with Gasteiger partial charge in [-0.15, -0.1) is 0 Å². The minimum absolute atomic E-state index is 0.179. The molecule has 0 N–H and O–H groups in total. The minimum Gasteiger partial charge on any atom is -0.452 e. The average molecular weight is 488 g/mol. The zero-order valence-electron chi connectivity index (χ0n) is 19.4. The highest BCUT2D eigenvalue weighted by Crippen LogP contribution is 2.39. The Morgan fingerprint density at radius 1 is 0.667 bits per heavy atom. The fraction of sp³-hybridized carbons (Fsp3) is 0.286. The molecule has 0 amide bonds. The molecule has 6 atom stereocenters. The quantitative estimate of drug-likeness (QED) is 0.502. The highest BCUT2D eigenvalue weighted by atomic mass is 16.8. The minimum atomic E-state index is -1.07. The Morgan fingerprint density at radius 2 is 1.22 bits per heavy atom. The summed E-state index contributed by atoms with van der Waals surface area (Å²) in [4.78, 5) is 27.0. The monoisotopic (exact) mass is 488 g/mol. The predicted molar refractivity (Wildman–Crippen MR) is 126 cm³/mol. The molecule has 8 nitrogen and oxygen atoms in total. The highest BCUT2D eigenvalue weighted by molar-refractivity contribution is 6.03. The maximum Gasteiger partial charge on any atom is 0.339 e. The van der Waals surface area contributed by atoms with Gasteiger partial charge in [-0.05, 0) is 23.3 Å². The molecule has 0 spiro atoms. The normalized spacial score (nSPS) is 29.5. The van der Waals surface area contributed by atoms with Crippen LogP contribution in [0.25, 0.3) is 11.1 Å². The first-order valence-corrected chi connectivity index (χ1v) is 11.7. The number of ether oxygens (including phenoxy) is 6. The molecule has 36 heavy (non-hydrogen) atoms. The maximum absolute atomic E-state index is 13.6. The van der Waals surface area contributed by atoms with Crippen molar-refractivity contribution in [2.75, 3.05) is 13.7 Å². The number of fused-ring (bicyclic) bond motifs is 6. The second-order valence-electron chi connectivity index (χ2n) is 8.79. The largest absolute Gasteiger partial charge is 0.452 e. The number of hydrogen-bond acceptors (Lipinski definition) is 8. The molecule has 3 aromatic rings. The van der Waals surface area contributed by atoms with Crippen LogP contribution in [0.4, 0.5) is 0 Å². The van der Waals surface area contributed by atoms with Crippen molar-refractivity contribution in [1.82, 2.24) is 0 Å². The summed E-state index contributed by atoms with van der Waals surface area (Å²) in [5, 5.41) is 0. The van der Waals surface area contributed by atoms with E-state index < -0.39 is 48.9 Å². The summed E-state index contributed by atoms with van der Waals surface area (Å²) in [6.07, 6.45) is -5.13. The lowest BCUT2D eigenvalue weighted by Crippen LogP contribution is -2.64. The van der Waals surface area contributed by atoms with Crippen LogP contribution in [-0.2, 0) is 28.4 Å². The maximum atomic E-state index is 13.6. The van der Waals surface area contributed by atoms with Gasteiger partial charge in [-0.3, -0.25) is 0 Å². The number of methoxy groups -OCH3 is 1. The van der Waals surface area contributed by atoms with E-state index in [9.17, 15) is 9.59 Å². The van der Waals surface area contributed by atoms with Crippen molar-refractivity contribution >= 4 is 11.9 Å². The summed E-state index contributed by atoms with van der Waals surface area (Å²) in [6.45, 7) is 0.179. The lowest BCUT2D eigenvalue weighted by molar-refractivity contribution is -0.356. The average Bonchev–Trinajstić information content (AvgIpc) is 2.93. The summed E-state index contributed by atoms with van der Waals surface area (Å²) in [7, 11) is 1.44. The van der Waals surface area contributed by atoms with Crippen LogP contribution in [0.15, 0.2) is 78.9 Å². The van der Waals surface area contributed by atoms with Gasteiger partial charge in [0.25, 0.3) is 0 Å². The molecule has 3 heterocycles. The van der Waals surface area contributed by atoms with Gasteiger partial charge in [0, 0.05) is 12.7 Å². The van der Waals surface area contributed by atoms with E-state index in [2.05, 4.69) is 0 Å². The van der Waals surface area contributed by atoms with E-state index in [4.69, 9.17) is 28.4 Å².